The molecule has 1 N–H and O–H groups in total. The van der Waals surface area contributed by atoms with Crippen LogP contribution < -0.4 is 10.1 Å². The van der Waals surface area contributed by atoms with Crippen molar-refractivity contribution in [3.05, 3.63) is 71.4 Å². The summed E-state index contributed by atoms with van der Waals surface area (Å²) in [6, 6.07) is 19.1. The fourth-order valence-electron chi connectivity index (χ4n) is 1.74. The molecule has 4 heteroatoms. The summed E-state index contributed by atoms with van der Waals surface area (Å²) < 4.78 is 5.71. The van der Waals surface area contributed by atoms with E-state index in [4.69, 9.17) is 15.3 Å². The van der Waals surface area contributed by atoms with E-state index in [1.807, 2.05) is 36.4 Å². The number of rotatable bonds is 5. The van der Waals surface area contributed by atoms with Crippen LogP contribution in [0.15, 0.2) is 60.3 Å². The van der Waals surface area contributed by atoms with Crippen LogP contribution in [0, 0.1) is 29.6 Å². The molecule has 0 heterocycles. The van der Waals surface area contributed by atoms with Gasteiger partial charge in [-0.15, -0.1) is 0 Å². The van der Waals surface area contributed by atoms with Crippen LogP contribution in [0.3, 0.4) is 0 Å². The number of hydrogen-bond donors (Lipinski definition) is 1. The lowest BCUT2D eigenvalue weighted by molar-refractivity contribution is 0.306. The van der Waals surface area contributed by atoms with Crippen molar-refractivity contribution in [2.45, 2.75) is 13.5 Å². The quantitative estimate of drug-likeness (QED) is 0.847. The lowest BCUT2D eigenvalue weighted by Crippen LogP contribution is -1.96. The Labute approximate surface area is 129 Å². The fourth-order valence-corrected chi connectivity index (χ4v) is 1.74. The summed E-state index contributed by atoms with van der Waals surface area (Å²) in [4.78, 5) is 0. The molecule has 0 spiro atoms. The van der Waals surface area contributed by atoms with Crippen molar-refractivity contribution >= 4 is 5.69 Å². The molecule has 0 atom stereocenters. The maximum Gasteiger partial charge on any atom is 0.145 e. The molecule has 2 rings (SSSR count). The number of nitrogens with one attached hydrogen (secondary N) is 1. The molecule has 0 radical (unpaired) electrons. The summed E-state index contributed by atoms with van der Waals surface area (Å²) in [6.07, 6.45) is 1.38. The van der Waals surface area contributed by atoms with Crippen molar-refractivity contribution in [1.29, 1.82) is 10.5 Å². The molecule has 0 aliphatic carbocycles. The monoisotopic (exact) mass is 289 g/mol. The zero-order chi connectivity index (χ0) is 15.8. The highest BCUT2D eigenvalue weighted by Gasteiger charge is 1.97. The third kappa shape index (κ3) is 4.40. The van der Waals surface area contributed by atoms with Gasteiger partial charge in [-0.3, -0.25) is 0 Å². The first-order valence-electron chi connectivity index (χ1n) is 6.76. The zero-order valence-corrected chi connectivity index (χ0v) is 12.2. The maximum absolute atomic E-state index is 8.64. The molecular weight excluding hydrogens is 274 g/mol. The van der Waals surface area contributed by atoms with Crippen LogP contribution in [-0.2, 0) is 6.61 Å². The Hall–Kier alpha value is -3.24. The van der Waals surface area contributed by atoms with E-state index < -0.39 is 0 Å². The highest BCUT2D eigenvalue weighted by atomic mass is 16.5. The van der Waals surface area contributed by atoms with Gasteiger partial charge in [0.15, 0.2) is 0 Å². The lowest BCUT2D eigenvalue weighted by atomic mass is 10.2. The van der Waals surface area contributed by atoms with Crippen LogP contribution in [0.4, 0.5) is 5.69 Å². The van der Waals surface area contributed by atoms with Gasteiger partial charge in [0.1, 0.15) is 30.1 Å². The number of allylic oxidation sites excluding steroid dienone is 1. The van der Waals surface area contributed by atoms with E-state index in [0.717, 1.165) is 17.0 Å². The number of nitriles is 2. The van der Waals surface area contributed by atoms with Crippen molar-refractivity contribution in [2.24, 2.45) is 0 Å². The number of benzene rings is 2. The van der Waals surface area contributed by atoms with E-state index >= 15 is 0 Å². The molecule has 22 heavy (non-hydrogen) atoms. The topological polar surface area (TPSA) is 68.8 Å². The summed E-state index contributed by atoms with van der Waals surface area (Å²) in [5, 5.41) is 20.2. The summed E-state index contributed by atoms with van der Waals surface area (Å²) in [5.74, 6) is 0.760. The van der Waals surface area contributed by atoms with Crippen LogP contribution in [0.25, 0.3) is 0 Å². The number of aryl methyl sites for hydroxylation is 1. The van der Waals surface area contributed by atoms with Crippen LogP contribution in [0.5, 0.6) is 5.75 Å². The van der Waals surface area contributed by atoms with Crippen LogP contribution in [-0.4, -0.2) is 0 Å². The van der Waals surface area contributed by atoms with Crippen LogP contribution in [0.1, 0.15) is 11.1 Å². The molecule has 0 amide bonds. The van der Waals surface area contributed by atoms with Gasteiger partial charge in [0.2, 0.25) is 0 Å². The van der Waals surface area contributed by atoms with Gasteiger partial charge < -0.3 is 10.1 Å². The molecule has 2 aromatic rings. The second kappa shape index (κ2) is 7.52. The van der Waals surface area contributed by atoms with Gasteiger partial charge >= 0.3 is 0 Å². The average Bonchev–Trinajstić information content (AvgIpc) is 2.56. The van der Waals surface area contributed by atoms with E-state index in [9.17, 15) is 0 Å². The Kier molecular flexibility index (Phi) is 5.18. The predicted octanol–water partition coefficient (Wildman–Crippen LogP) is 3.92. The van der Waals surface area contributed by atoms with E-state index in [-0.39, 0.29) is 5.57 Å². The summed E-state index contributed by atoms with van der Waals surface area (Å²) >= 11 is 0. The van der Waals surface area contributed by atoms with Gasteiger partial charge in [-0.05, 0) is 36.8 Å². The molecule has 0 bridgehead atoms. The minimum absolute atomic E-state index is 0.0275. The molecule has 0 saturated carbocycles. The first kappa shape index (κ1) is 15.2. The summed E-state index contributed by atoms with van der Waals surface area (Å²) in [6.45, 7) is 2.56. The smallest absolute Gasteiger partial charge is 0.145 e. The van der Waals surface area contributed by atoms with Crippen LogP contribution >= 0.6 is 0 Å². The molecule has 0 aliphatic heterocycles. The molecule has 0 unspecified atom stereocenters. The van der Waals surface area contributed by atoms with Crippen molar-refractivity contribution in [1.82, 2.24) is 0 Å². The van der Waals surface area contributed by atoms with Gasteiger partial charge in [-0.25, -0.2) is 0 Å². The largest absolute Gasteiger partial charge is 0.489 e. The first-order valence-corrected chi connectivity index (χ1v) is 6.76. The van der Waals surface area contributed by atoms with Crippen molar-refractivity contribution in [2.75, 3.05) is 5.32 Å². The van der Waals surface area contributed by atoms with Gasteiger partial charge in [0, 0.05) is 11.9 Å². The normalized spacial score (nSPS) is 9.23. The second-order valence-electron chi connectivity index (χ2n) is 4.72. The Bertz CT molecular complexity index is 716. The maximum atomic E-state index is 8.64. The highest BCUT2D eigenvalue weighted by Crippen LogP contribution is 2.17. The Morgan fingerprint density at radius 1 is 1.05 bits per heavy atom. The molecule has 4 nitrogen and oxygen atoms in total. The number of hydrogen-bond acceptors (Lipinski definition) is 4. The molecule has 0 fully saturated rings. The van der Waals surface area contributed by atoms with Crippen LogP contribution in [0.2, 0.25) is 0 Å². The standard InChI is InChI=1S/C18H15N3O/c1-14-2-4-15(5-3-14)13-22-18-8-6-17(7-9-18)21-12-16(10-19)11-20/h2-9,12,21H,13H2,1H3. The van der Waals surface area contributed by atoms with Gasteiger partial charge in [-0.2, -0.15) is 10.5 Å². The Morgan fingerprint density at radius 3 is 2.27 bits per heavy atom. The predicted molar refractivity (Wildman–Crippen MR) is 84.9 cm³/mol. The molecule has 108 valence electrons. The van der Waals surface area contributed by atoms with Crippen molar-refractivity contribution in [3.63, 3.8) is 0 Å². The fraction of sp³-hybridized carbons (Fsp3) is 0.111. The van der Waals surface area contributed by atoms with E-state index in [1.54, 1.807) is 12.1 Å². The van der Waals surface area contributed by atoms with Crippen molar-refractivity contribution in [3.8, 4) is 17.9 Å². The molecule has 0 aliphatic rings. The summed E-state index contributed by atoms with van der Waals surface area (Å²) in [7, 11) is 0. The zero-order valence-electron chi connectivity index (χ0n) is 12.2. The molecule has 0 saturated heterocycles. The third-order valence-electron chi connectivity index (χ3n) is 3.00. The van der Waals surface area contributed by atoms with Gasteiger partial charge in [0.25, 0.3) is 0 Å². The lowest BCUT2D eigenvalue weighted by Gasteiger charge is -2.07. The van der Waals surface area contributed by atoms with E-state index in [1.165, 1.54) is 11.8 Å². The Morgan fingerprint density at radius 2 is 1.68 bits per heavy atom. The average molecular weight is 289 g/mol. The van der Waals surface area contributed by atoms with E-state index in [2.05, 4.69) is 24.4 Å². The van der Waals surface area contributed by atoms with Gasteiger partial charge in [-0.1, -0.05) is 29.8 Å². The SMILES string of the molecule is Cc1ccc(COc2ccc(NC=C(C#N)C#N)cc2)cc1. The second-order valence-corrected chi connectivity index (χ2v) is 4.72. The minimum Gasteiger partial charge on any atom is -0.489 e. The summed E-state index contributed by atoms with van der Waals surface area (Å²) in [5.41, 5.74) is 3.15. The van der Waals surface area contributed by atoms with E-state index in [0.29, 0.717) is 6.61 Å². The molecule has 0 aromatic heterocycles. The number of anilines is 1. The molecule has 2 aromatic carbocycles. The third-order valence-corrected chi connectivity index (χ3v) is 3.00. The van der Waals surface area contributed by atoms with Crippen molar-refractivity contribution < 1.29 is 4.74 Å². The minimum atomic E-state index is 0.0275. The first-order chi connectivity index (χ1) is 10.7. The highest BCUT2D eigenvalue weighted by molar-refractivity contribution is 5.51. The Balaban J connectivity index is 1.92. The number of nitrogens with zero attached hydrogens (tertiary/aromatic N) is 2. The van der Waals surface area contributed by atoms with Gasteiger partial charge in [0.05, 0.1) is 0 Å². The molecular formula is C18H15N3O. The number of ether oxygens (including phenoxy) is 1.